The van der Waals surface area contributed by atoms with Crippen LogP contribution in [0.3, 0.4) is 0 Å². The molecule has 0 amide bonds. The summed E-state index contributed by atoms with van der Waals surface area (Å²) in [5, 5.41) is 0.349. The van der Waals surface area contributed by atoms with Crippen molar-refractivity contribution in [2.75, 3.05) is 18.8 Å². The fourth-order valence-electron chi connectivity index (χ4n) is 2.20. The van der Waals surface area contributed by atoms with Crippen LogP contribution in [0, 0.1) is 0 Å². The van der Waals surface area contributed by atoms with Crippen LogP contribution in [0.2, 0.25) is 5.02 Å². The summed E-state index contributed by atoms with van der Waals surface area (Å²) in [6.07, 6.45) is -0.280. The molecule has 0 spiro atoms. The third-order valence-electron chi connectivity index (χ3n) is 2.98. The average molecular weight is 305 g/mol. The van der Waals surface area contributed by atoms with Crippen molar-refractivity contribution in [1.82, 2.24) is 4.31 Å². The quantitative estimate of drug-likeness (QED) is 0.844. The minimum absolute atomic E-state index is 0.0568. The van der Waals surface area contributed by atoms with E-state index in [1.807, 2.05) is 13.8 Å². The Morgan fingerprint density at radius 3 is 2.47 bits per heavy atom. The first-order chi connectivity index (χ1) is 8.80. The monoisotopic (exact) mass is 304 g/mol. The highest BCUT2D eigenvalue weighted by Crippen LogP contribution is 2.27. The second-order valence-electron chi connectivity index (χ2n) is 4.76. The van der Waals surface area contributed by atoms with Gasteiger partial charge in [-0.2, -0.15) is 4.31 Å². The Bertz CT molecular complexity index is 566. The first-order valence-electron chi connectivity index (χ1n) is 6.01. The van der Waals surface area contributed by atoms with Gasteiger partial charge < -0.3 is 10.5 Å². The number of sulfonamides is 1. The van der Waals surface area contributed by atoms with Crippen LogP contribution in [0.1, 0.15) is 13.8 Å². The van der Waals surface area contributed by atoms with E-state index in [9.17, 15) is 8.42 Å². The molecule has 0 aromatic heterocycles. The maximum absolute atomic E-state index is 12.6. The van der Waals surface area contributed by atoms with E-state index in [2.05, 4.69) is 0 Å². The summed E-state index contributed by atoms with van der Waals surface area (Å²) >= 11 is 5.86. The molecule has 2 rings (SSSR count). The molecule has 1 fully saturated rings. The first-order valence-corrected chi connectivity index (χ1v) is 7.83. The van der Waals surface area contributed by atoms with Crippen LogP contribution in [0.4, 0.5) is 5.69 Å². The summed E-state index contributed by atoms with van der Waals surface area (Å²) in [6, 6.07) is 4.46. The second-order valence-corrected chi connectivity index (χ2v) is 7.10. The molecule has 0 aliphatic carbocycles. The highest BCUT2D eigenvalue weighted by Gasteiger charge is 2.33. The van der Waals surface area contributed by atoms with Crippen molar-refractivity contribution in [3.63, 3.8) is 0 Å². The van der Waals surface area contributed by atoms with Gasteiger partial charge in [0.2, 0.25) is 10.0 Å². The summed E-state index contributed by atoms with van der Waals surface area (Å²) in [5.74, 6) is 0. The molecule has 7 heteroatoms. The lowest BCUT2D eigenvalue weighted by molar-refractivity contribution is -0.0440. The van der Waals surface area contributed by atoms with Crippen LogP contribution < -0.4 is 5.73 Å². The maximum Gasteiger partial charge on any atom is 0.245 e. The van der Waals surface area contributed by atoms with Gasteiger partial charge in [0.05, 0.1) is 17.9 Å². The second kappa shape index (κ2) is 5.28. The lowest BCUT2D eigenvalue weighted by Gasteiger charge is -2.34. The van der Waals surface area contributed by atoms with E-state index in [-0.39, 0.29) is 22.8 Å². The van der Waals surface area contributed by atoms with Crippen LogP contribution in [0.5, 0.6) is 0 Å². The van der Waals surface area contributed by atoms with E-state index in [1.165, 1.54) is 16.4 Å². The Kier molecular flexibility index (Phi) is 4.06. The number of nitrogens with two attached hydrogens (primary N) is 1. The van der Waals surface area contributed by atoms with Crippen LogP contribution >= 0.6 is 11.6 Å². The van der Waals surface area contributed by atoms with Crippen LogP contribution in [-0.2, 0) is 14.8 Å². The fourth-order valence-corrected chi connectivity index (χ4v) is 4.17. The van der Waals surface area contributed by atoms with Gasteiger partial charge in [-0.25, -0.2) is 8.42 Å². The van der Waals surface area contributed by atoms with Crippen molar-refractivity contribution in [1.29, 1.82) is 0 Å². The van der Waals surface area contributed by atoms with E-state index >= 15 is 0 Å². The standard InChI is InChI=1S/C12H17ClN2O3S/c1-8-6-15(7-9(2)18-8)19(16,17)12-5-10(13)3-4-11(12)14/h3-5,8-9H,6-7,14H2,1-2H3. The number of benzene rings is 1. The van der Waals surface area contributed by atoms with Gasteiger partial charge >= 0.3 is 0 Å². The van der Waals surface area contributed by atoms with Gasteiger partial charge in [0.25, 0.3) is 0 Å². The Morgan fingerprint density at radius 1 is 1.32 bits per heavy atom. The van der Waals surface area contributed by atoms with Crippen molar-refractivity contribution < 1.29 is 13.2 Å². The van der Waals surface area contributed by atoms with Gasteiger partial charge in [-0.1, -0.05) is 11.6 Å². The minimum atomic E-state index is -3.64. The highest BCUT2D eigenvalue weighted by molar-refractivity contribution is 7.89. The molecule has 1 aromatic carbocycles. The van der Waals surface area contributed by atoms with E-state index in [4.69, 9.17) is 22.1 Å². The number of hydrogen-bond acceptors (Lipinski definition) is 4. The fraction of sp³-hybridized carbons (Fsp3) is 0.500. The van der Waals surface area contributed by atoms with Gasteiger partial charge in [0, 0.05) is 18.1 Å². The lowest BCUT2D eigenvalue weighted by Crippen LogP contribution is -2.48. The average Bonchev–Trinajstić information content (AvgIpc) is 2.31. The van der Waals surface area contributed by atoms with Crippen LogP contribution in [0.25, 0.3) is 0 Å². The number of rotatable bonds is 2. The Hall–Kier alpha value is -0.820. The molecule has 2 unspecified atom stereocenters. The number of nitrogens with zero attached hydrogens (tertiary/aromatic N) is 1. The van der Waals surface area contributed by atoms with Gasteiger partial charge in [0.1, 0.15) is 4.90 Å². The van der Waals surface area contributed by atoms with Crippen molar-refractivity contribution in [3.05, 3.63) is 23.2 Å². The summed E-state index contributed by atoms with van der Waals surface area (Å²) in [4.78, 5) is 0.0568. The number of hydrogen-bond donors (Lipinski definition) is 1. The summed E-state index contributed by atoms with van der Waals surface area (Å²) in [7, 11) is -3.64. The zero-order valence-electron chi connectivity index (χ0n) is 10.8. The Morgan fingerprint density at radius 2 is 1.89 bits per heavy atom. The third kappa shape index (κ3) is 3.02. The molecule has 0 bridgehead atoms. The molecule has 1 saturated heterocycles. The molecule has 19 heavy (non-hydrogen) atoms. The van der Waals surface area contributed by atoms with Gasteiger partial charge in [-0.05, 0) is 32.0 Å². The predicted octanol–water partition coefficient (Wildman–Crippen LogP) is 1.72. The summed E-state index contributed by atoms with van der Waals surface area (Å²) < 4.78 is 32.1. The molecule has 0 saturated carbocycles. The van der Waals surface area contributed by atoms with Crippen LogP contribution in [-0.4, -0.2) is 38.0 Å². The van der Waals surface area contributed by atoms with Crippen molar-refractivity contribution in [2.24, 2.45) is 0 Å². The smallest absolute Gasteiger partial charge is 0.245 e. The molecular formula is C12H17ClN2O3S. The first kappa shape index (κ1) is 14.6. The maximum atomic E-state index is 12.6. The number of nitrogen functional groups attached to an aromatic ring is 1. The SMILES string of the molecule is CC1CN(S(=O)(=O)c2cc(Cl)ccc2N)CC(C)O1. The molecule has 1 aliphatic heterocycles. The van der Waals surface area contributed by atoms with Gasteiger partial charge in [-0.15, -0.1) is 0 Å². The Balaban J connectivity index is 2.39. The molecule has 5 nitrogen and oxygen atoms in total. The highest BCUT2D eigenvalue weighted by atomic mass is 35.5. The Labute approximate surface area is 118 Å². The molecule has 2 atom stereocenters. The topological polar surface area (TPSA) is 72.6 Å². The molecule has 1 heterocycles. The number of anilines is 1. The van der Waals surface area contributed by atoms with Crippen molar-refractivity contribution >= 4 is 27.3 Å². The van der Waals surface area contributed by atoms with E-state index in [0.29, 0.717) is 18.1 Å². The molecule has 1 aromatic rings. The normalized spacial score (nSPS) is 25.4. The van der Waals surface area contributed by atoms with Crippen LogP contribution in [0.15, 0.2) is 23.1 Å². The van der Waals surface area contributed by atoms with Gasteiger partial charge in [0.15, 0.2) is 0 Å². The van der Waals surface area contributed by atoms with Crippen molar-refractivity contribution in [3.8, 4) is 0 Å². The van der Waals surface area contributed by atoms with Crippen molar-refractivity contribution in [2.45, 2.75) is 31.0 Å². The number of morpholine rings is 1. The molecule has 0 radical (unpaired) electrons. The molecule has 106 valence electrons. The molecule has 1 aliphatic rings. The summed E-state index contributed by atoms with van der Waals surface area (Å²) in [6.45, 7) is 4.33. The van der Waals surface area contributed by atoms with Gasteiger partial charge in [-0.3, -0.25) is 0 Å². The minimum Gasteiger partial charge on any atom is -0.398 e. The van der Waals surface area contributed by atoms with E-state index < -0.39 is 10.0 Å². The number of ether oxygens (including phenoxy) is 1. The number of halogens is 1. The van der Waals surface area contributed by atoms with E-state index in [1.54, 1.807) is 6.07 Å². The molecule has 2 N–H and O–H groups in total. The molecular weight excluding hydrogens is 288 g/mol. The lowest BCUT2D eigenvalue weighted by atomic mass is 10.3. The predicted molar refractivity (Wildman–Crippen MR) is 74.6 cm³/mol. The zero-order chi connectivity index (χ0) is 14.2. The summed E-state index contributed by atoms with van der Waals surface area (Å²) in [5.41, 5.74) is 5.96. The largest absolute Gasteiger partial charge is 0.398 e. The van der Waals surface area contributed by atoms with E-state index in [0.717, 1.165) is 0 Å². The zero-order valence-corrected chi connectivity index (χ0v) is 12.4. The third-order valence-corrected chi connectivity index (χ3v) is 5.10.